The minimum atomic E-state index is -5.08. The molecule has 174 valence electrons. The minimum absolute atomic E-state index is 0.00521. The van der Waals surface area contributed by atoms with Gasteiger partial charge in [0.05, 0.1) is 18.9 Å². The van der Waals surface area contributed by atoms with Crippen molar-refractivity contribution in [2.45, 2.75) is 38.0 Å². The fraction of sp³-hybridized carbons (Fsp3) is 0.476. The molecule has 0 radical (unpaired) electrons. The van der Waals surface area contributed by atoms with Gasteiger partial charge in [-0.2, -0.15) is 18.3 Å². The fourth-order valence-corrected chi connectivity index (χ4v) is 3.74. The predicted octanol–water partition coefficient (Wildman–Crippen LogP) is 2.42. The maximum Gasteiger partial charge on any atom is 0.490 e. The lowest BCUT2D eigenvalue weighted by atomic mass is 9.81. The predicted molar refractivity (Wildman–Crippen MR) is 107 cm³/mol. The molecule has 0 spiro atoms. The number of nitrogens with zero attached hydrogens (tertiary/aromatic N) is 2. The van der Waals surface area contributed by atoms with Crippen LogP contribution in [0.5, 0.6) is 5.75 Å². The lowest BCUT2D eigenvalue weighted by molar-refractivity contribution is -0.192. The molecule has 1 aromatic heterocycles. The number of nitrogens with one attached hydrogen (secondary N) is 1. The zero-order chi connectivity index (χ0) is 23.5. The molecule has 1 aliphatic heterocycles. The van der Waals surface area contributed by atoms with Crippen LogP contribution >= 0.6 is 0 Å². The van der Waals surface area contributed by atoms with Crippen LogP contribution in [0.4, 0.5) is 13.2 Å². The molecule has 1 saturated carbocycles. The molecule has 1 fully saturated rings. The lowest BCUT2D eigenvalue weighted by Gasteiger charge is -2.34. The van der Waals surface area contributed by atoms with Gasteiger partial charge in [0.1, 0.15) is 5.75 Å². The van der Waals surface area contributed by atoms with E-state index in [1.54, 1.807) is 7.11 Å². The highest BCUT2D eigenvalue weighted by Crippen LogP contribution is 2.31. The molecular formula is C21H24F3N3O5. The zero-order valence-electron chi connectivity index (χ0n) is 17.4. The Morgan fingerprint density at radius 1 is 1.16 bits per heavy atom. The topological polar surface area (TPSA) is 116 Å². The summed E-state index contributed by atoms with van der Waals surface area (Å²) in [5.74, 6) is -1.74. The largest absolute Gasteiger partial charge is 0.497 e. The molecule has 0 unspecified atom stereocenters. The van der Waals surface area contributed by atoms with E-state index in [0.29, 0.717) is 25.9 Å². The minimum Gasteiger partial charge on any atom is -0.497 e. The highest BCUT2D eigenvalue weighted by atomic mass is 19.4. The van der Waals surface area contributed by atoms with E-state index >= 15 is 0 Å². The highest BCUT2D eigenvalue weighted by Gasteiger charge is 2.38. The number of carboxylic acids is 1. The highest BCUT2D eigenvalue weighted by molar-refractivity contribution is 5.80. The Kier molecular flexibility index (Phi) is 7.07. The number of hydrogen-bond acceptors (Lipinski definition) is 5. The summed E-state index contributed by atoms with van der Waals surface area (Å²) in [5.41, 5.74) is 4.34. The van der Waals surface area contributed by atoms with Crippen LogP contribution in [0.15, 0.2) is 24.3 Å². The number of amides is 1. The van der Waals surface area contributed by atoms with Gasteiger partial charge in [-0.05, 0) is 43.5 Å². The number of hydrogen-bond donors (Lipinski definition) is 3. The van der Waals surface area contributed by atoms with Gasteiger partial charge in [0.15, 0.2) is 0 Å². The number of carbonyl (C=O) groups excluding carboxylic acids is 1. The standard InChI is InChI=1S/C19H23N3O3.C2HF3O2/c1-25-15-4-2-12(3-5-15)18-16-6-8-22(9-7-17(16)20-21-18)19(24)13-10-14(23)11-13;3-2(4,5)1(6)7/h2-5,13-14,23H,6-11H2,1H3,(H,20,21);(H,6,7). The van der Waals surface area contributed by atoms with E-state index in [9.17, 15) is 23.1 Å². The summed E-state index contributed by atoms with van der Waals surface area (Å²) in [5, 5.41) is 24.2. The molecule has 1 aliphatic carbocycles. The Hall–Kier alpha value is -3.08. The number of aliphatic hydroxyl groups excluding tert-OH is 1. The van der Waals surface area contributed by atoms with Crippen LogP contribution in [0.25, 0.3) is 11.3 Å². The average Bonchev–Trinajstić information content (AvgIpc) is 3.02. The number of carbonyl (C=O) groups is 2. The van der Waals surface area contributed by atoms with E-state index in [2.05, 4.69) is 10.2 Å². The van der Waals surface area contributed by atoms with Gasteiger partial charge in [-0.25, -0.2) is 4.79 Å². The molecule has 1 aromatic carbocycles. The second-order valence-electron chi connectivity index (χ2n) is 7.71. The van der Waals surface area contributed by atoms with Crippen LogP contribution < -0.4 is 4.74 Å². The van der Waals surface area contributed by atoms with Gasteiger partial charge in [-0.3, -0.25) is 9.89 Å². The van der Waals surface area contributed by atoms with E-state index in [1.165, 1.54) is 5.56 Å². The van der Waals surface area contributed by atoms with Crippen molar-refractivity contribution in [2.24, 2.45) is 5.92 Å². The van der Waals surface area contributed by atoms with Crippen LogP contribution in [-0.4, -0.2) is 69.7 Å². The number of aromatic amines is 1. The third-order valence-corrected chi connectivity index (χ3v) is 5.60. The Morgan fingerprint density at radius 3 is 2.28 bits per heavy atom. The van der Waals surface area contributed by atoms with E-state index in [1.807, 2.05) is 29.2 Å². The smallest absolute Gasteiger partial charge is 0.490 e. The first-order valence-corrected chi connectivity index (χ1v) is 10.1. The number of alkyl halides is 3. The SMILES string of the molecule is COc1ccc(-c2n[nH]c3c2CCN(C(=O)C2CC(O)C2)CC3)cc1.O=C(O)C(F)(F)F. The van der Waals surface area contributed by atoms with E-state index in [0.717, 1.165) is 35.5 Å². The Labute approximate surface area is 182 Å². The number of rotatable bonds is 3. The maximum atomic E-state index is 12.6. The number of H-pyrrole nitrogens is 1. The maximum absolute atomic E-state index is 12.6. The molecule has 32 heavy (non-hydrogen) atoms. The van der Waals surface area contributed by atoms with Crippen molar-refractivity contribution >= 4 is 11.9 Å². The zero-order valence-corrected chi connectivity index (χ0v) is 17.4. The Morgan fingerprint density at radius 2 is 1.75 bits per heavy atom. The third kappa shape index (κ3) is 5.39. The average molecular weight is 455 g/mol. The molecule has 3 N–H and O–H groups in total. The van der Waals surface area contributed by atoms with Crippen molar-refractivity contribution in [1.29, 1.82) is 0 Å². The van der Waals surface area contributed by atoms with Crippen molar-refractivity contribution in [3.63, 3.8) is 0 Å². The number of halogens is 3. The Balaban J connectivity index is 0.000000360. The van der Waals surface area contributed by atoms with Crippen LogP contribution in [0.1, 0.15) is 24.1 Å². The molecule has 8 nitrogen and oxygen atoms in total. The van der Waals surface area contributed by atoms with E-state index < -0.39 is 12.1 Å². The van der Waals surface area contributed by atoms with Crippen LogP contribution in [-0.2, 0) is 22.4 Å². The molecule has 1 amide bonds. The van der Waals surface area contributed by atoms with Crippen molar-refractivity contribution in [3.05, 3.63) is 35.5 Å². The fourth-order valence-electron chi connectivity index (χ4n) is 3.74. The van der Waals surface area contributed by atoms with Crippen LogP contribution in [0, 0.1) is 5.92 Å². The second-order valence-corrected chi connectivity index (χ2v) is 7.71. The number of benzene rings is 1. The summed E-state index contributed by atoms with van der Waals surface area (Å²) in [6.45, 7) is 1.42. The lowest BCUT2D eigenvalue weighted by Crippen LogP contribution is -2.44. The third-order valence-electron chi connectivity index (χ3n) is 5.60. The second kappa shape index (κ2) is 9.60. The molecule has 2 aliphatic rings. The van der Waals surface area contributed by atoms with Crippen molar-refractivity contribution in [1.82, 2.24) is 15.1 Å². The summed E-state index contributed by atoms with van der Waals surface area (Å²) in [7, 11) is 1.66. The molecule has 0 bridgehead atoms. The van der Waals surface area contributed by atoms with Gasteiger partial charge in [0, 0.05) is 42.2 Å². The quantitative estimate of drug-likeness (QED) is 0.655. The summed E-state index contributed by atoms with van der Waals surface area (Å²) >= 11 is 0. The number of aliphatic hydroxyl groups is 1. The molecule has 0 atom stereocenters. The van der Waals surface area contributed by atoms with Crippen LogP contribution in [0.2, 0.25) is 0 Å². The van der Waals surface area contributed by atoms with Gasteiger partial charge >= 0.3 is 12.1 Å². The number of carboxylic acid groups (broad SMARTS) is 1. The summed E-state index contributed by atoms with van der Waals surface area (Å²) in [6, 6.07) is 7.90. The molecule has 2 heterocycles. The summed E-state index contributed by atoms with van der Waals surface area (Å²) in [4.78, 5) is 23.4. The molecule has 2 aromatic rings. The number of methoxy groups -OCH3 is 1. The van der Waals surface area contributed by atoms with Crippen molar-refractivity contribution in [3.8, 4) is 17.0 Å². The summed E-state index contributed by atoms with van der Waals surface area (Å²) in [6.07, 6.45) is -2.56. The molecule has 0 saturated heterocycles. The number of ether oxygens (including phenoxy) is 1. The molecule has 11 heteroatoms. The van der Waals surface area contributed by atoms with Gasteiger partial charge in [-0.15, -0.1) is 0 Å². The van der Waals surface area contributed by atoms with Gasteiger partial charge in [0.25, 0.3) is 0 Å². The normalized spacial score (nSPS) is 20.2. The first-order chi connectivity index (χ1) is 15.1. The number of aliphatic carboxylic acids is 1. The van der Waals surface area contributed by atoms with E-state index in [-0.39, 0.29) is 17.9 Å². The summed E-state index contributed by atoms with van der Waals surface area (Å²) < 4.78 is 37.0. The number of aromatic nitrogens is 2. The van der Waals surface area contributed by atoms with Crippen LogP contribution in [0.3, 0.4) is 0 Å². The van der Waals surface area contributed by atoms with Crippen molar-refractivity contribution < 1.29 is 37.7 Å². The van der Waals surface area contributed by atoms with E-state index in [4.69, 9.17) is 14.6 Å². The van der Waals surface area contributed by atoms with Gasteiger partial charge in [0.2, 0.25) is 5.91 Å². The van der Waals surface area contributed by atoms with Crippen molar-refractivity contribution in [2.75, 3.05) is 20.2 Å². The number of fused-ring (bicyclic) bond motifs is 1. The monoisotopic (exact) mass is 455 g/mol. The first-order valence-electron chi connectivity index (χ1n) is 10.1. The molecule has 4 rings (SSSR count). The van der Waals surface area contributed by atoms with Gasteiger partial charge < -0.3 is 19.8 Å². The molecular weight excluding hydrogens is 431 g/mol. The van der Waals surface area contributed by atoms with Gasteiger partial charge in [-0.1, -0.05) is 0 Å². The first kappa shape index (κ1) is 23.6. The Bertz CT molecular complexity index is 953.